The summed E-state index contributed by atoms with van der Waals surface area (Å²) in [4.78, 5) is 30.9. The van der Waals surface area contributed by atoms with E-state index < -0.39 is 23.6 Å². The molecule has 2 amide bonds. The number of alkyl halides is 3. The Hall–Kier alpha value is -3.36. The highest BCUT2D eigenvalue weighted by molar-refractivity contribution is 6.44. The minimum absolute atomic E-state index is 0.113. The molecule has 26 heavy (non-hydrogen) atoms. The molecule has 134 valence electrons. The summed E-state index contributed by atoms with van der Waals surface area (Å²) in [5.74, 6) is -2.09. The number of nitrogens with zero attached hydrogens (tertiary/aromatic N) is 1. The first-order valence-electron chi connectivity index (χ1n) is 7.46. The summed E-state index contributed by atoms with van der Waals surface area (Å²) in [6.07, 6.45) is 0.0133. The predicted molar refractivity (Wildman–Crippen MR) is 89.5 cm³/mol. The van der Waals surface area contributed by atoms with Gasteiger partial charge in [-0.25, -0.2) is 0 Å². The molecule has 0 spiro atoms. The molecule has 1 aromatic carbocycles. The van der Waals surface area contributed by atoms with Crippen molar-refractivity contribution < 1.29 is 22.8 Å². The number of rotatable bonds is 2. The van der Waals surface area contributed by atoms with E-state index in [-0.39, 0.29) is 5.69 Å². The van der Waals surface area contributed by atoms with Crippen LogP contribution in [0.4, 0.5) is 24.5 Å². The second-order valence-electron chi connectivity index (χ2n) is 5.62. The predicted octanol–water partition coefficient (Wildman–Crippen LogP) is 3.47. The Kier molecular flexibility index (Phi) is 4.37. The van der Waals surface area contributed by atoms with Gasteiger partial charge < -0.3 is 15.6 Å². The van der Waals surface area contributed by atoms with Crippen LogP contribution >= 0.6 is 0 Å². The van der Waals surface area contributed by atoms with Crippen LogP contribution in [0, 0.1) is 6.92 Å². The van der Waals surface area contributed by atoms with Gasteiger partial charge in [-0.05, 0) is 36.8 Å². The van der Waals surface area contributed by atoms with Gasteiger partial charge in [0.05, 0.1) is 16.8 Å². The quantitative estimate of drug-likeness (QED) is 0.610. The van der Waals surface area contributed by atoms with Gasteiger partial charge in [0.2, 0.25) is 0 Å². The van der Waals surface area contributed by atoms with Gasteiger partial charge in [-0.3, -0.25) is 14.6 Å². The molecule has 0 saturated carbocycles. The van der Waals surface area contributed by atoms with E-state index in [0.29, 0.717) is 22.2 Å². The number of H-pyrrole nitrogens is 1. The zero-order valence-corrected chi connectivity index (χ0v) is 13.4. The Morgan fingerprint density at radius 1 is 1.12 bits per heavy atom. The van der Waals surface area contributed by atoms with E-state index in [1.54, 1.807) is 12.3 Å². The molecule has 0 saturated heterocycles. The van der Waals surface area contributed by atoms with Crippen molar-refractivity contribution in [3.8, 4) is 0 Å². The molecule has 0 fully saturated rings. The minimum atomic E-state index is -4.55. The van der Waals surface area contributed by atoms with Crippen LogP contribution in [-0.4, -0.2) is 21.8 Å². The zero-order valence-electron chi connectivity index (χ0n) is 13.4. The summed E-state index contributed by atoms with van der Waals surface area (Å²) < 4.78 is 38.5. The lowest BCUT2D eigenvalue weighted by Gasteiger charge is -2.11. The molecule has 0 bridgehead atoms. The largest absolute Gasteiger partial charge is 0.416 e. The number of nitrogens with one attached hydrogen (secondary N) is 3. The fourth-order valence-corrected chi connectivity index (χ4v) is 2.45. The number of carbonyl (C=O) groups is 2. The van der Waals surface area contributed by atoms with E-state index in [9.17, 15) is 22.8 Å². The van der Waals surface area contributed by atoms with Crippen molar-refractivity contribution in [1.82, 2.24) is 9.97 Å². The van der Waals surface area contributed by atoms with Crippen molar-refractivity contribution in [2.75, 3.05) is 10.6 Å². The van der Waals surface area contributed by atoms with Crippen LogP contribution in [0.2, 0.25) is 0 Å². The third-order valence-corrected chi connectivity index (χ3v) is 3.60. The molecule has 0 radical (unpaired) electrons. The maximum Gasteiger partial charge on any atom is 0.416 e. The van der Waals surface area contributed by atoms with Gasteiger partial charge in [-0.15, -0.1) is 0 Å². The number of pyridine rings is 1. The van der Waals surface area contributed by atoms with E-state index in [4.69, 9.17) is 0 Å². The molecule has 0 unspecified atom stereocenters. The Bertz CT molecular complexity index is 995. The average Bonchev–Trinajstić information content (AvgIpc) is 2.96. The zero-order chi connectivity index (χ0) is 18.9. The maximum atomic E-state index is 12.8. The van der Waals surface area contributed by atoms with Crippen molar-refractivity contribution in [3.63, 3.8) is 0 Å². The van der Waals surface area contributed by atoms with Crippen LogP contribution < -0.4 is 10.6 Å². The molecule has 2 heterocycles. The lowest BCUT2D eigenvalue weighted by Crippen LogP contribution is -2.29. The third kappa shape index (κ3) is 3.66. The maximum absolute atomic E-state index is 12.8. The molecule has 3 N–H and O–H groups in total. The number of aromatic nitrogens is 2. The number of hydrogen-bond acceptors (Lipinski definition) is 3. The van der Waals surface area contributed by atoms with Crippen LogP contribution in [-0.2, 0) is 15.8 Å². The van der Waals surface area contributed by atoms with Crippen molar-refractivity contribution in [2.45, 2.75) is 13.1 Å². The van der Waals surface area contributed by atoms with E-state index in [1.165, 1.54) is 25.4 Å². The van der Waals surface area contributed by atoms with Gasteiger partial charge in [-0.1, -0.05) is 0 Å². The highest BCUT2D eigenvalue weighted by atomic mass is 19.4. The second-order valence-corrected chi connectivity index (χ2v) is 5.62. The molecule has 6 nitrogen and oxygen atoms in total. The van der Waals surface area contributed by atoms with Gasteiger partial charge in [0.15, 0.2) is 0 Å². The Morgan fingerprint density at radius 2 is 1.85 bits per heavy atom. The molecule has 3 aromatic rings. The highest BCUT2D eigenvalue weighted by Crippen LogP contribution is 2.31. The van der Waals surface area contributed by atoms with Crippen molar-refractivity contribution in [2.24, 2.45) is 0 Å². The summed E-state index contributed by atoms with van der Waals surface area (Å²) >= 11 is 0. The van der Waals surface area contributed by atoms with Gasteiger partial charge in [0.25, 0.3) is 0 Å². The lowest BCUT2D eigenvalue weighted by atomic mass is 10.1. The monoisotopic (exact) mass is 362 g/mol. The molecule has 2 aromatic heterocycles. The fourth-order valence-electron chi connectivity index (χ4n) is 2.45. The summed E-state index contributed by atoms with van der Waals surface area (Å²) in [6, 6.07) is 4.76. The number of aryl methyl sites for hydroxylation is 1. The fraction of sp³-hybridized carbons (Fsp3) is 0.118. The number of anilines is 2. The Balaban J connectivity index is 1.76. The molecular formula is C17H13F3N4O2. The van der Waals surface area contributed by atoms with Crippen LogP contribution in [0.25, 0.3) is 10.9 Å². The second kappa shape index (κ2) is 6.51. The van der Waals surface area contributed by atoms with Gasteiger partial charge in [-0.2, -0.15) is 13.2 Å². The highest BCUT2D eigenvalue weighted by Gasteiger charge is 2.31. The minimum Gasteiger partial charge on any atom is -0.359 e. The summed E-state index contributed by atoms with van der Waals surface area (Å²) in [6.45, 7) is 1.46. The van der Waals surface area contributed by atoms with Gasteiger partial charge in [0.1, 0.15) is 0 Å². The number of aromatic amines is 1. The molecule has 0 atom stereocenters. The van der Waals surface area contributed by atoms with E-state index in [1.807, 2.05) is 0 Å². The van der Waals surface area contributed by atoms with Crippen LogP contribution in [0.5, 0.6) is 0 Å². The first-order chi connectivity index (χ1) is 12.2. The summed E-state index contributed by atoms with van der Waals surface area (Å²) in [5, 5.41) is 5.18. The number of carbonyl (C=O) groups excluding carboxylic acids is 2. The van der Waals surface area contributed by atoms with Crippen LogP contribution in [0.3, 0.4) is 0 Å². The Morgan fingerprint density at radius 3 is 2.58 bits per heavy atom. The molecular weight excluding hydrogens is 349 g/mol. The number of halogens is 3. The van der Waals surface area contributed by atoms with Crippen LogP contribution in [0.1, 0.15) is 11.1 Å². The number of benzene rings is 1. The van der Waals surface area contributed by atoms with Crippen LogP contribution in [0.15, 0.2) is 42.9 Å². The molecule has 0 aliphatic carbocycles. The first kappa shape index (κ1) is 17.5. The van der Waals surface area contributed by atoms with Gasteiger partial charge in [0, 0.05) is 29.7 Å². The van der Waals surface area contributed by atoms with E-state index in [0.717, 1.165) is 12.1 Å². The topological polar surface area (TPSA) is 86.9 Å². The van der Waals surface area contributed by atoms with Crippen molar-refractivity contribution >= 4 is 34.1 Å². The first-order valence-corrected chi connectivity index (χ1v) is 7.46. The van der Waals surface area contributed by atoms with Gasteiger partial charge >= 0.3 is 18.0 Å². The molecule has 3 rings (SSSR count). The van der Waals surface area contributed by atoms with E-state index in [2.05, 4.69) is 20.6 Å². The SMILES string of the molecule is Cc1cc(NC(=O)C(=O)Nc2c[nH]c3ccncc23)cc(C(F)(F)F)c1. The molecule has 9 heteroatoms. The van der Waals surface area contributed by atoms with Crippen molar-refractivity contribution in [1.29, 1.82) is 0 Å². The normalized spacial score (nSPS) is 11.4. The summed E-state index contributed by atoms with van der Waals surface area (Å²) in [5.41, 5.74) is 0.338. The van der Waals surface area contributed by atoms with E-state index >= 15 is 0 Å². The smallest absolute Gasteiger partial charge is 0.359 e. The third-order valence-electron chi connectivity index (χ3n) is 3.60. The summed E-state index contributed by atoms with van der Waals surface area (Å²) in [7, 11) is 0. The molecule has 0 aliphatic heterocycles. The average molecular weight is 362 g/mol. The molecule has 0 aliphatic rings. The standard InChI is InChI=1S/C17H13F3N4O2/c1-9-4-10(17(18,19)20)6-11(5-9)23-15(25)16(26)24-14-8-22-13-2-3-21-7-12(13)14/h2-8,22H,1H3,(H,23,25)(H,24,26). The van der Waals surface area contributed by atoms with Crippen molar-refractivity contribution in [3.05, 3.63) is 54.0 Å². The number of hydrogen-bond donors (Lipinski definition) is 3. The number of fused-ring (bicyclic) bond motifs is 1. The lowest BCUT2D eigenvalue weighted by molar-refractivity contribution is -0.137. The number of amides is 2. The Labute approximate surface area is 145 Å².